The molecule has 0 spiro atoms. The molecule has 3 aromatic rings. The van der Waals surface area contributed by atoms with Crippen LogP contribution in [0.4, 0.5) is 0 Å². The van der Waals surface area contributed by atoms with E-state index < -0.39 is 0 Å². The highest BCUT2D eigenvalue weighted by molar-refractivity contribution is 7.99. The largest absolute Gasteiger partial charge is 0.472 e. The average molecular weight is 343 g/mol. The molecule has 0 saturated carbocycles. The fourth-order valence-corrected chi connectivity index (χ4v) is 3.78. The van der Waals surface area contributed by atoms with Gasteiger partial charge in [0, 0.05) is 16.2 Å². The van der Waals surface area contributed by atoms with E-state index in [1.165, 1.54) is 5.56 Å². The SMILES string of the molecule is O=C(CSCc1ccccc1)NCc1cc(-c2ccoc2)cs1. The van der Waals surface area contributed by atoms with Gasteiger partial charge < -0.3 is 9.73 Å². The second-order valence-corrected chi connectivity index (χ2v) is 7.05. The molecule has 0 bridgehead atoms. The molecule has 2 aromatic heterocycles. The quantitative estimate of drug-likeness (QED) is 0.684. The van der Waals surface area contributed by atoms with E-state index in [0.29, 0.717) is 12.3 Å². The smallest absolute Gasteiger partial charge is 0.230 e. The molecule has 0 aliphatic rings. The summed E-state index contributed by atoms with van der Waals surface area (Å²) in [6.45, 7) is 0.577. The molecule has 1 amide bonds. The van der Waals surface area contributed by atoms with Crippen molar-refractivity contribution in [2.45, 2.75) is 12.3 Å². The second-order valence-electron chi connectivity index (χ2n) is 5.07. The Morgan fingerprint density at radius 2 is 2.04 bits per heavy atom. The lowest BCUT2D eigenvalue weighted by molar-refractivity contribution is -0.118. The zero-order chi connectivity index (χ0) is 15.9. The molecule has 23 heavy (non-hydrogen) atoms. The number of carbonyl (C=O) groups excluding carboxylic acids is 1. The predicted octanol–water partition coefficient (Wildman–Crippen LogP) is 4.56. The topological polar surface area (TPSA) is 42.2 Å². The maximum Gasteiger partial charge on any atom is 0.230 e. The molecule has 0 aliphatic heterocycles. The fourth-order valence-electron chi connectivity index (χ4n) is 2.13. The van der Waals surface area contributed by atoms with Crippen LogP contribution in [0.5, 0.6) is 0 Å². The number of furan rings is 1. The Morgan fingerprint density at radius 3 is 2.83 bits per heavy atom. The molecule has 0 aliphatic carbocycles. The third-order valence-electron chi connectivity index (χ3n) is 3.31. The number of benzene rings is 1. The van der Waals surface area contributed by atoms with Crippen molar-refractivity contribution in [3.05, 3.63) is 70.8 Å². The number of carbonyl (C=O) groups is 1. The summed E-state index contributed by atoms with van der Waals surface area (Å²) in [5.74, 6) is 1.41. The highest BCUT2D eigenvalue weighted by Crippen LogP contribution is 2.25. The van der Waals surface area contributed by atoms with E-state index in [1.807, 2.05) is 24.3 Å². The number of thioether (sulfide) groups is 1. The maximum atomic E-state index is 11.9. The summed E-state index contributed by atoms with van der Waals surface area (Å²) in [5, 5.41) is 5.05. The number of nitrogens with one attached hydrogen (secondary N) is 1. The van der Waals surface area contributed by atoms with Crippen molar-refractivity contribution in [2.24, 2.45) is 0 Å². The molecule has 0 atom stereocenters. The van der Waals surface area contributed by atoms with E-state index in [0.717, 1.165) is 21.8 Å². The Bertz CT molecular complexity index is 735. The summed E-state index contributed by atoms with van der Waals surface area (Å²) in [4.78, 5) is 13.0. The summed E-state index contributed by atoms with van der Waals surface area (Å²) in [6.07, 6.45) is 3.39. The van der Waals surface area contributed by atoms with Crippen molar-refractivity contribution in [1.82, 2.24) is 5.32 Å². The molecule has 118 valence electrons. The summed E-state index contributed by atoms with van der Waals surface area (Å²) in [6, 6.07) is 14.2. The van der Waals surface area contributed by atoms with E-state index in [1.54, 1.807) is 35.6 Å². The minimum Gasteiger partial charge on any atom is -0.472 e. The van der Waals surface area contributed by atoms with E-state index in [4.69, 9.17) is 4.42 Å². The highest BCUT2D eigenvalue weighted by atomic mass is 32.2. The van der Waals surface area contributed by atoms with Gasteiger partial charge >= 0.3 is 0 Å². The Morgan fingerprint density at radius 1 is 1.17 bits per heavy atom. The van der Waals surface area contributed by atoms with E-state index >= 15 is 0 Å². The van der Waals surface area contributed by atoms with Gasteiger partial charge in [-0.2, -0.15) is 0 Å². The van der Waals surface area contributed by atoms with Crippen molar-refractivity contribution >= 4 is 29.0 Å². The van der Waals surface area contributed by atoms with Gasteiger partial charge in [-0.15, -0.1) is 23.1 Å². The average Bonchev–Trinajstić information content (AvgIpc) is 3.25. The molecular formula is C18H17NO2S2. The van der Waals surface area contributed by atoms with Gasteiger partial charge in [0.1, 0.15) is 0 Å². The summed E-state index contributed by atoms with van der Waals surface area (Å²) >= 11 is 3.28. The summed E-state index contributed by atoms with van der Waals surface area (Å²) in [5.41, 5.74) is 3.44. The van der Waals surface area contributed by atoms with Crippen LogP contribution in [0.2, 0.25) is 0 Å². The highest BCUT2D eigenvalue weighted by Gasteiger charge is 2.06. The van der Waals surface area contributed by atoms with Crippen LogP contribution in [0.3, 0.4) is 0 Å². The van der Waals surface area contributed by atoms with Crippen LogP contribution in [-0.2, 0) is 17.1 Å². The van der Waals surface area contributed by atoms with Gasteiger partial charge in [-0.1, -0.05) is 30.3 Å². The summed E-state index contributed by atoms with van der Waals surface area (Å²) < 4.78 is 5.09. The number of amides is 1. The van der Waals surface area contributed by atoms with Crippen LogP contribution < -0.4 is 5.32 Å². The molecule has 0 radical (unpaired) electrons. The van der Waals surface area contributed by atoms with Gasteiger partial charge in [0.15, 0.2) is 0 Å². The fraction of sp³-hybridized carbons (Fsp3) is 0.167. The predicted molar refractivity (Wildman–Crippen MR) is 96.5 cm³/mol. The standard InChI is InChI=1S/C18H17NO2S2/c20-18(13-22-11-14-4-2-1-3-5-14)19-9-17-8-16(12-23-17)15-6-7-21-10-15/h1-8,10,12H,9,11,13H2,(H,19,20). The zero-order valence-corrected chi connectivity index (χ0v) is 14.2. The number of hydrogen-bond donors (Lipinski definition) is 1. The Kier molecular flexibility index (Phi) is 5.56. The third-order valence-corrected chi connectivity index (χ3v) is 5.25. The van der Waals surface area contributed by atoms with Crippen LogP contribution >= 0.6 is 23.1 Å². The van der Waals surface area contributed by atoms with Crippen LogP contribution in [0, 0.1) is 0 Å². The third kappa shape index (κ3) is 4.74. The molecule has 2 heterocycles. The zero-order valence-electron chi connectivity index (χ0n) is 12.5. The molecule has 0 fully saturated rings. The lowest BCUT2D eigenvalue weighted by atomic mass is 10.2. The van der Waals surface area contributed by atoms with Gasteiger partial charge in [0.2, 0.25) is 5.91 Å². The lowest BCUT2D eigenvalue weighted by Crippen LogP contribution is -2.24. The van der Waals surface area contributed by atoms with E-state index in [2.05, 4.69) is 28.9 Å². The normalized spacial score (nSPS) is 10.6. The monoisotopic (exact) mass is 343 g/mol. The van der Waals surface area contributed by atoms with Crippen LogP contribution in [0.1, 0.15) is 10.4 Å². The number of hydrogen-bond acceptors (Lipinski definition) is 4. The van der Waals surface area contributed by atoms with Crippen molar-refractivity contribution < 1.29 is 9.21 Å². The molecule has 1 aromatic carbocycles. The first kappa shape index (κ1) is 15.9. The molecule has 5 heteroatoms. The van der Waals surface area contributed by atoms with Crippen LogP contribution in [0.25, 0.3) is 11.1 Å². The lowest BCUT2D eigenvalue weighted by Gasteiger charge is -2.04. The second kappa shape index (κ2) is 8.04. The minimum absolute atomic E-state index is 0.0733. The minimum atomic E-state index is 0.0733. The van der Waals surface area contributed by atoms with Crippen molar-refractivity contribution in [3.63, 3.8) is 0 Å². The van der Waals surface area contributed by atoms with Gasteiger partial charge in [-0.3, -0.25) is 4.79 Å². The summed E-state index contributed by atoms with van der Waals surface area (Å²) in [7, 11) is 0. The number of thiophene rings is 1. The first-order valence-corrected chi connectivity index (χ1v) is 9.33. The van der Waals surface area contributed by atoms with E-state index in [9.17, 15) is 4.79 Å². The van der Waals surface area contributed by atoms with Crippen molar-refractivity contribution in [1.29, 1.82) is 0 Å². The molecule has 0 saturated heterocycles. The Labute approximate surface area is 143 Å². The van der Waals surface area contributed by atoms with Gasteiger partial charge in [0.05, 0.1) is 24.8 Å². The molecular weight excluding hydrogens is 326 g/mol. The first-order valence-electron chi connectivity index (χ1n) is 7.29. The Hall–Kier alpha value is -1.98. The molecule has 1 N–H and O–H groups in total. The molecule has 3 rings (SSSR count). The van der Waals surface area contributed by atoms with Gasteiger partial charge in [0.25, 0.3) is 0 Å². The van der Waals surface area contributed by atoms with Gasteiger partial charge in [-0.25, -0.2) is 0 Å². The van der Waals surface area contributed by atoms with E-state index in [-0.39, 0.29) is 5.91 Å². The number of rotatable bonds is 7. The van der Waals surface area contributed by atoms with Crippen LogP contribution in [0.15, 0.2) is 64.8 Å². The van der Waals surface area contributed by atoms with Gasteiger partial charge in [-0.05, 0) is 28.6 Å². The van der Waals surface area contributed by atoms with Crippen LogP contribution in [-0.4, -0.2) is 11.7 Å². The maximum absolute atomic E-state index is 11.9. The van der Waals surface area contributed by atoms with Crippen molar-refractivity contribution in [3.8, 4) is 11.1 Å². The molecule has 0 unspecified atom stereocenters. The molecule has 3 nitrogen and oxygen atoms in total. The Balaban J connectivity index is 1.41. The van der Waals surface area contributed by atoms with Crippen molar-refractivity contribution in [2.75, 3.05) is 5.75 Å². The first-order chi connectivity index (χ1) is 11.3.